The van der Waals surface area contributed by atoms with Crippen molar-refractivity contribution in [1.29, 1.82) is 0 Å². The maximum atomic E-state index is 13.0. The number of aliphatic hydroxyl groups is 1. The van der Waals surface area contributed by atoms with Gasteiger partial charge in [0.25, 0.3) is 0 Å². The number of likely N-dealkylation sites (tertiary alicyclic amines) is 1. The van der Waals surface area contributed by atoms with Crippen LogP contribution in [0.15, 0.2) is 51.7 Å². The highest BCUT2D eigenvalue weighted by atomic mass is 32.1. The number of rotatable bonds is 12. The van der Waals surface area contributed by atoms with Crippen LogP contribution in [0.25, 0.3) is 11.3 Å². The van der Waals surface area contributed by atoms with E-state index in [9.17, 15) is 19.2 Å². The number of carbonyl (C=O) groups is 4. The van der Waals surface area contributed by atoms with E-state index >= 15 is 0 Å². The molecule has 0 bridgehead atoms. The lowest BCUT2D eigenvalue weighted by Gasteiger charge is -2.39. The highest BCUT2D eigenvalue weighted by Crippen LogP contribution is 2.38. The van der Waals surface area contributed by atoms with Crippen LogP contribution in [0.5, 0.6) is 0 Å². The van der Waals surface area contributed by atoms with E-state index in [-0.39, 0.29) is 5.97 Å². The van der Waals surface area contributed by atoms with Crippen molar-refractivity contribution in [2.24, 2.45) is 5.41 Å². The molecule has 43 heavy (non-hydrogen) atoms. The minimum absolute atomic E-state index is 0.117. The van der Waals surface area contributed by atoms with Crippen LogP contribution in [-0.4, -0.2) is 79.7 Å². The van der Waals surface area contributed by atoms with E-state index in [1.54, 1.807) is 11.3 Å². The van der Waals surface area contributed by atoms with Gasteiger partial charge in [0.1, 0.15) is 11.5 Å². The van der Waals surface area contributed by atoms with Crippen molar-refractivity contribution in [2.75, 3.05) is 19.7 Å². The maximum absolute atomic E-state index is 13.0. The zero-order valence-electron chi connectivity index (χ0n) is 24.0. The second-order valence-electron chi connectivity index (χ2n) is 10.6. The lowest BCUT2D eigenvalue weighted by Crippen LogP contribution is -2.46. The van der Waals surface area contributed by atoms with E-state index < -0.39 is 41.8 Å². The van der Waals surface area contributed by atoms with E-state index in [1.165, 1.54) is 5.56 Å². The van der Waals surface area contributed by atoms with Crippen LogP contribution in [0.2, 0.25) is 0 Å². The molecule has 13 heteroatoms. The van der Waals surface area contributed by atoms with Gasteiger partial charge in [-0.05, 0) is 67.7 Å². The Morgan fingerprint density at radius 3 is 2.26 bits per heavy atom. The summed E-state index contributed by atoms with van der Waals surface area (Å²) in [5, 5.41) is 42.4. The molecule has 0 radical (unpaired) electrons. The van der Waals surface area contributed by atoms with Crippen molar-refractivity contribution >= 4 is 35.2 Å². The Hall–Kier alpha value is -4.07. The van der Waals surface area contributed by atoms with Crippen LogP contribution in [-0.2, 0) is 36.9 Å². The third-order valence-corrected chi connectivity index (χ3v) is 8.02. The second-order valence-corrected chi connectivity index (χ2v) is 11.3. The lowest BCUT2D eigenvalue weighted by molar-refractivity contribution is -0.170. The van der Waals surface area contributed by atoms with Gasteiger partial charge >= 0.3 is 23.9 Å². The summed E-state index contributed by atoms with van der Waals surface area (Å²) in [5.74, 6) is -4.39. The number of carboxylic acids is 3. The number of carboxylic acid groups (broad SMARTS) is 3. The summed E-state index contributed by atoms with van der Waals surface area (Å²) in [6.07, 6.45) is -0.243. The molecular formula is C30H36N2O10S. The van der Waals surface area contributed by atoms with Gasteiger partial charge in [-0.15, -0.1) is 0 Å². The van der Waals surface area contributed by atoms with Crippen molar-refractivity contribution in [1.82, 2.24) is 10.1 Å². The summed E-state index contributed by atoms with van der Waals surface area (Å²) >= 11 is 1.72. The first kappa shape index (κ1) is 33.4. The Morgan fingerprint density at radius 2 is 1.72 bits per heavy atom. The summed E-state index contributed by atoms with van der Waals surface area (Å²) in [7, 11) is 0. The number of hydrogen-bond acceptors (Lipinski definition) is 10. The summed E-state index contributed by atoms with van der Waals surface area (Å²) in [4.78, 5) is 45.9. The first-order chi connectivity index (χ1) is 20.4. The average molecular weight is 617 g/mol. The summed E-state index contributed by atoms with van der Waals surface area (Å²) in [5.41, 5.74) is 1.07. The normalized spacial score (nSPS) is 14.8. The molecule has 2 aromatic heterocycles. The Labute approximate surface area is 252 Å². The standard InChI is InChI=1S/C24H28N2O3S.C6H8O7/c1-3-28-23(27)24(9-11-26(12-10-24)16-19-8-13-30-17-19)15-20-14-22(25-29-20)21-7-5-4-6-18(21)2;7-3(8)1-6(13,5(11)12)2-4(9)10/h4-8,13-14,17H,3,9-12,15-16H2,1-2H3;13H,1-2H2,(H,7,8)(H,9,10)(H,11,12). The number of aryl methyl sites for hydroxylation is 1. The van der Waals surface area contributed by atoms with Crippen LogP contribution in [0.4, 0.5) is 0 Å². The third kappa shape index (κ3) is 9.21. The molecule has 0 aliphatic carbocycles. The van der Waals surface area contributed by atoms with Gasteiger partial charge in [-0.1, -0.05) is 29.4 Å². The fraction of sp³-hybridized carbons (Fsp3) is 0.433. The van der Waals surface area contributed by atoms with Gasteiger partial charge in [0.2, 0.25) is 0 Å². The molecule has 232 valence electrons. The lowest BCUT2D eigenvalue weighted by atomic mass is 9.74. The number of esters is 1. The molecule has 3 heterocycles. The molecule has 0 atom stereocenters. The molecular weight excluding hydrogens is 580 g/mol. The first-order valence-corrected chi connectivity index (χ1v) is 14.6. The van der Waals surface area contributed by atoms with Gasteiger partial charge in [-0.2, -0.15) is 11.3 Å². The zero-order chi connectivity index (χ0) is 31.6. The number of benzene rings is 1. The molecule has 1 aromatic carbocycles. The van der Waals surface area contributed by atoms with Crippen LogP contribution >= 0.6 is 11.3 Å². The second kappa shape index (κ2) is 14.9. The molecule has 4 rings (SSSR count). The molecule has 1 aliphatic heterocycles. The van der Waals surface area contributed by atoms with Gasteiger partial charge < -0.3 is 29.7 Å². The fourth-order valence-corrected chi connectivity index (χ4v) is 5.61. The molecule has 12 nitrogen and oxygen atoms in total. The molecule has 4 N–H and O–H groups in total. The van der Waals surface area contributed by atoms with Gasteiger partial charge in [0.15, 0.2) is 5.60 Å². The SMILES string of the molecule is CCOC(=O)C1(Cc2cc(-c3ccccc3C)no2)CCN(Cc2ccsc2)CC1.O=C(O)CC(O)(CC(=O)O)C(=O)O. The van der Waals surface area contributed by atoms with Crippen LogP contribution in [0.3, 0.4) is 0 Å². The van der Waals surface area contributed by atoms with Gasteiger partial charge in [-0.3, -0.25) is 19.3 Å². The number of piperidine rings is 1. The van der Waals surface area contributed by atoms with E-state index in [1.807, 2.05) is 31.2 Å². The Balaban J connectivity index is 0.000000331. The minimum atomic E-state index is -2.74. The average Bonchev–Trinajstić information content (AvgIpc) is 3.62. The number of thiophene rings is 1. The minimum Gasteiger partial charge on any atom is -0.481 e. The number of carbonyl (C=O) groups excluding carboxylic acids is 1. The van der Waals surface area contributed by atoms with Crippen molar-refractivity contribution < 1.29 is 48.9 Å². The maximum Gasteiger partial charge on any atom is 0.336 e. The number of aliphatic carboxylic acids is 3. The highest BCUT2D eigenvalue weighted by Gasteiger charge is 2.44. The zero-order valence-corrected chi connectivity index (χ0v) is 24.8. The van der Waals surface area contributed by atoms with Gasteiger partial charge in [-0.25, -0.2) is 4.79 Å². The van der Waals surface area contributed by atoms with Gasteiger partial charge in [0.05, 0.1) is 24.9 Å². The van der Waals surface area contributed by atoms with E-state index in [2.05, 4.69) is 39.9 Å². The molecule has 0 unspecified atom stereocenters. The Kier molecular flexibility index (Phi) is 11.6. The van der Waals surface area contributed by atoms with Crippen LogP contribution in [0.1, 0.15) is 49.5 Å². The quantitative estimate of drug-likeness (QED) is 0.216. The summed E-state index contributed by atoms with van der Waals surface area (Å²) in [6.45, 7) is 6.99. The summed E-state index contributed by atoms with van der Waals surface area (Å²) in [6, 6.07) is 12.3. The number of aromatic nitrogens is 1. The monoisotopic (exact) mass is 616 g/mol. The molecule has 0 saturated carbocycles. The van der Waals surface area contributed by atoms with Crippen molar-refractivity contribution in [3.8, 4) is 11.3 Å². The predicted molar refractivity (Wildman–Crippen MR) is 155 cm³/mol. The largest absolute Gasteiger partial charge is 0.481 e. The van der Waals surface area contributed by atoms with Crippen molar-refractivity contribution in [3.05, 3.63) is 64.0 Å². The molecule has 1 fully saturated rings. The summed E-state index contributed by atoms with van der Waals surface area (Å²) < 4.78 is 11.2. The Morgan fingerprint density at radius 1 is 1.07 bits per heavy atom. The molecule has 3 aromatic rings. The van der Waals surface area contributed by atoms with Crippen LogP contribution < -0.4 is 0 Å². The first-order valence-electron chi connectivity index (χ1n) is 13.7. The number of hydrogen-bond donors (Lipinski definition) is 4. The van der Waals surface area contributed by atoms with Crippen molar-refractivity contribution in [3.63, 3.8) is 0 Å². The van der Waals surface area contributed by atoms with Crippen molar-refractivity contribution in [2.45, 2.75) is 58.1 Å². The fourth-order valence-electron chi connectivity index (χ4n) is 4.95. The topological polar surface area (TPSA) is 188 Å². The third-order valence-electron chi connectivity index (χ3n) is 7.29. The smallest absolute Gasteiger partial charge is 0.336 e. The Bertz CT molecular complexity index is 1380. The molecule has 0 spiro atoms. The predicted octanol–water partition coefficient (Wildman–Crippen LogP) is 3.85. The number of nitrogens with zero attached hydrogens (tertiary/aromatic N) is 2. The number of ether oxygens (including phenoxy) is 1. The molecule has 1 aliphatic rings. The van der Waals surface area contributed by atoms with Crippen LogP contribution in [0, 0.1) is 12.3 Å². The van der Waals surface area contributed by atoms with E-state index in [0.29, 0.717) is 13.0 Å². The van der Waals surface area contributed by atoms with Gasteiger partial charge in [0, 0.05) is 24.6 Å². The van der Waals surface area contributed by atoms with E-state index in [0.717, 1.165) is 55.1 Å². The van der Waals surface area contributed by atoms with E-state index in [4.69, 9.17) is 29.7 Å². The highest BCUT2D eigenvalue weighted by molar-refractivity contribution is 7.07. The molecule has 0 amide bonds. The molecule has 1 saturated heterocycles.